The van der Waals surface area contributed by atoms with E-state index in [0.717, 1.165) is 5.56 Å². The molecule has 1 nitrogen and oxygen atoms in total. The van der Waals surface area contributed by atoms with Gasteiger partial charge in [0.15, 0.2) is 0 Å². The molecular weight excluding hydrogens is 768 g/mol. The molecule has 1 N–H and O–H groups in total. The van der Waals surface area contributed by atoms with Crippen LogP contribution in [0.4, 0.5) is 0 Å². The first kappa shape index (κ1) is 45.6. The molecule has 0 amide bonds. The van der Waals surface area contributed by atoms with Crippen LogP contribution >= 0.6 is 0 Å². The molecule has 57 heavy (non-hydrogen) atoms. The summed E-state index contributed by atoms with van der Waals surface area (Å²) < 4.78 is 3.34. The first-order chi connectivity index (χ1) is 26.5. The normalized spacial score (nSPS) is 11.9. The number of benzene rings is 5. The molecule has 0 saturated carbocycles. The van der Waals surface area contributed by atoms with Crippen molar-refractivity contribution < 1.29 is 29.3 Å². The fourth-order valence-corrected chi connectivity index (χ4v) is 7.18. The molecule has 0 heterocycles. The molecule has 0 bridgehead atoms. The van der Waals surface area contributed by atoms with Gasteiger partial charge in [-0.15, -0.1) is 69.1 Å². The Morgan fingerprint density at radius 1 is 0.439 bits per heavy atom. The van der Waals surface area contributed by atoms with Gasteiger partial charge in [0.2, 0.25) is 0 Å². The number of aromatic hydroxyl groups is 1. The minimum absolute atomic E-state index is 0.00859. The zero-order valence-corrected chi connectivity index (χ0v) is 39.7. The molecule has 0 aliphatic carbocycles. The first-order valence-corrected chi connectivity index (χ1v) is 22.0. The summed E-state index contributed by atoms with van der Waals surface area (Å²) in [5, 5.41) is 15.2. The summed E-state index contributed by atoms with van der Waals surface area (Å²) in [6.45, 7) is 30.8. The van der Waals surface area contributed by atoms with E-state index in [-0.39, 0.29) is 21.7 Å². The summed E-state index contributed by atoms with van der Waals surface area (Å²) in [6.07, 6.45) is 0. The molecule has 0 aliphatic heterocycles. The van der Waals surface area contributed by atoms with Crippen LogP contribution in [0.25, 0.3) is 43.8 Å². The Morgan fingerprint density at radius 3 is 1.12 bits per heavy atom. The summed E-state index contributed by atoms with van der Waals surface area (Å²) in [5.74, 6) is 0.399. The van der Waals surface area contributed by atoms with Gasteiger partial charge in [-0.3, -0.25) is 0 Å². The molecular formula is C55H66OZr. The third kappa shape index (κ3) is 11.7. The Morgan fingerprint density at radius 2 is 0.789 bits per heavy atom. The zero-order chi connectivity index (χ0) is 42.5. The van der Waals surface area contributed by atoms with Gasteiger partial charge in [-0.1, -0.05) is 181 Å². The van der Waals surface area contributed by atoms with Gasteiger partial charge in [0.05, 0.1) is 0 Å². The predicted octanol–water partition coefficient (Wildman–Crippen LogP) is 15.6. The molecule has 0 aromatic heterocycles. The van der Waals surface area contributed by atoms with E-state index >= 15 is 0 Å². The molecule has 2 heteroatoms. The molecule has 0 spiro atoms. The Hall–Kier alpha value is -4.13. The van der Waals surface area contributed by atoms with Gasteiger partial charge >= 0.3 is 28.4 Å². The number of aryl methyl sites for hydroxylation is 2. The monoisotopic (exact) mass is 832 g/mol. The van der Waals surface area contributed by atoms with Crippen LogP contribution in [0.1, 0.15) is 116 Å². The van der Waals surface area contributed by atoms with E-state index in [1.165, 1.54) is 95.9 Å². The molecule has 7 rings (SSSR count). The van der Waals surface area contributed by atoms with Crippen molar-refractivity contribution in [3.05, 3.63) is 161 Å². The quantitative estimate of drug-likeness (QED) is 0.172. The third-order valence-corrected chi connectivity index (χ3v) is 10.6. The fraction of sp³-hybridized carbons (Fsp3) is 0.327. The number of hydrogen-bond acceptors (Lipinski definition) is 1. The van der Waals surface area contributed by atoms with E-state index in [1.54, 1.807) is 6.07 Å². The summed E-state index contributed by atoms with van der Waals surface area (Å²) in [7, 11) is 0. The number of rotatable bonds is 2. The molecule has 0 saturated heterocycles. The second-order valence-electron chi connectivity index (χ2n) is 19.6. The maximum absolute atomic E-state index is 9.84. The summed E-state index contributed by atoms with van der Waals surface area (Å²) in [6, 6.07) is 46.1. The van der Waals surface area contributed by atoms with Crippen molar-refractivity contribution in [3.63, 3.8) is 0 Å². The standard InChI is InChI=1S/2C20H21.C14H22O.CH2.Zr/c2*1-14-12-16-6-5-7-18(19(16)13-14)15-8-10-17(11-9-15)20(2,3)4;1-13(2,3)10-7-8-12(15)11(9-10)14(4,5)6;;/h2*5-13H,1-4H3;7-9,15H,1-6H3;1H2;/q2*-1;;;+2. The second kappa shape index (κ2) is 18.2. The van der Waals surface area contributed by atoms with E-state index < -0.39 is 0 Å². The third-order valence-electron chi connectivity index (χ3n) is 10.6. The topological polar surface area (TPSA) is 20.2 Å². The average molecular weight is 834 g/mol. The Bertz CT molecular complexity index is 2230. The summed E-state index contributed by atoms with van der Waals surface area (Å²) in [5.41, 5.74) is 13.5. The van der Waals surface area contributed by atoms with Gasteiger partial charge in [-0.05, 0) is 61.1 Å². The zero-order valence-electron chi connectivity index (χ0n) is 37.3. The maximum atomic E-state index is 9.84. The van der Waals surface area contributed by atoms with Gasteiger partial charge in [0.1, 0.15) is 5.75 Å². The van der Waals surface area contributed by atoms with E-state index in [9.17, 15) is 5.11 Å². The number of hydrogen-bond donors (Lipinski definition) is 1. The van der Waals surface area contributed by atoms with Crippen molar-refractivity contribution >= 4 is 25.8 Å². The van der Waals surface area contributed by atoms with Gasteiger partial charge < -0.3 is 5.11 Å². The van der Waals surface area contributed by atoms with Crippen molar-refractivity contribution in [1.82, 2.24) is 0 Å². The van der Waals surface area contributed by atoms with Gasteiger partial charge in [0, 0.05) is 0 Å². The van der Waals surface area contributed by atoms with Crippen LogP contribution in [0.15, 0.2) is 127 Å². The van der Waals surface area contributed by atoms with E-state index in [2.05, 4.69) is 216 Å². The van der Waals surface area contributed by atoms with Crippen LogP contribution in [0.3, 0.4) is 0 Å². The number of phenolic OH excluding ortho intramolecular Hbond substituents is 1. The Labute approximate surface area is 360 Å². The molecule has 7 aromatic rings. The van der Waals surface area contributed by atoms with E-state index in [0.29, 0.717) is 5.75 Å². The van der Waals surface area contributed by atoms with Crippen LogP contribution < -0.4 is 0 Å². The summed E-state index contributed by atoms with van der Waals surface area (Å²) in [4.78, 5) is 0. The Kier molecular flexibility index (Phi) is 14.6. The predicted molar refractivity (Wildman–Crippen MR) is 249 cm³/mol. The average Bonchev–Trinajstić information content (AvgIpc) is 3.72. The van der Waals surface area contributed by atoms with E-state index in [4.69, 9.17) is 0 Å². The van der Waals surface area contributed by atoms with Crippen LogP contribution in [0.2, 0.25) is 0 Å². The molecule has 0 aliphatic rings. The van der Waals surface area contributed by atoms with Crippen molar-refractivity contribution in [2.45, 2.75) is 119 Å². The fourth-order valence-electron chi connectivity index (χ4n) is 7.18. The van der Waals surface area contributed by atoms with Crippen LogP contribution in [-0.2, 0) is 45.9 Å². The van der Waals surface area contributed by atoms with E-state index in [1.807, 2.05) is 6.07 Å². The molecule has 0 unspecified atom stereocenters. The van der Waals surface area contributed by atoms with Gasteiger partial charge in [0.25, 0.3) is 0 Å². The van der Waals surface area contributed by atoms with Crippen LogP contribution in [0.5, 0.6) is 5.75 Å². The van der Waals surface area contributed by atoms with Crippen molar-refractivity contribution in [2.24, 2.45) is 0 Å². The first-order valence-electron chi connectivity index (χ1n) is 20.3. The van der Waals surface area contributed by atoms with Crippen molar-refractivity contribution in [3.8, 4) is 28.0 Å². The summed E-state index contributed by atoms with van der Waals surface area (Å²) >= 11 is 1.30. The van der Waals surface area contributed by atoms with Gasteiger partial charge in [-0.2, -0.15) is 12.1 Å². The number of phenols is 1. The number of fused-ring (bicyclic) bond motifs is 2. The molecule has 0 fully saturated rings. The molecule has 0 atom stereocenters. The molecule has 296 valence electrons. The molecule has 0 radical (unpaired) electrons. The van der Waals surface area contributed by atoms with Crippen LogP contribution in [0, 0.1) is 13.8 Å². The second-order valence-corrected chi connectivity index (χ2v) is 19.6. The SMILES string of the molecule is CC(C)(C)c1ccc(O)c(C(C)(C)C)c1.Cc1cc2c(-c3ccc(C(C)(C)C)cc3)cccc2[cH-]1.Cc1cc2c(-c3ccc(C(C)(C)C)cc3)cccc2[cH-]1.[CH2]=[Zr+2]. The van der Waals surface area contributed by atoms with Crippen molar-refractivity contribution in [1.29, 1.82) is 0 Å². The van der Waals surface area contributed by atoms with Gasteiger partial charge in [-0.25, -0.2) is 0 Å². The van der Waals surface area contributed by atoms with Crippen molar-refractivity contribution in [2.75, 3.05) is 0 Å². The molecule has 7 aromatic carbocycles. The Balaban J connectivity index is 0.000000188. The van der Waals surface area contributed by atoms with Crippen LogP contribution in [-0.4, -0.2) is 9.32 Å². The minimum atomic E-state index is -0.00859.